The van der Waals surface area contributed by atoms with Crippen LogP contribution in [0.25, 0.3) is 0 Å². The first-order chi connectivity index (χ1) is 9.81. The molecule has 2 aliphatic heterocycles. The summed E-state index contributed by atoms with van der Waals surface area (Å²) in [6, 6.07) is 0. The van der Waals surface area contributed by atoms with Crippen LogP contribution in [0.1, 0.15) is 27.7 Å². The second-order valence-corrected chi connectivity index (χ2v) is 5.81. The molecule has 21 heavy (non-hydrogen) atoms. The summed E-state index contributed by atoms with van der Waals surface area (Å²) in [6.07, 6.45) is 0.645. The quantitative estimate of drug-likeness (QED) is 0.721. The largest absolute Gasteiger partial charge is 0.463 e. The van der Waals surface area contributed by atoms with Crippen LogP contribution in [0.5, 0.6) is 0 Å². The highest BCUT2D eigenvalue weighted by atomic mass is 16.6. The van der Waals surface area contributed by atoms with Crippen LogP contribution in [0, 0.1) is 11.8 Å². The minimum absolute atomic E-state index is 0.306. The smallest absolute Gasteiger partial charge is 0.313 e. The third-order valence-corrected chi connectivity index (χ3v) is 3.35. The van der Waals surface area contributed by atoms with Crippen LogP contribution in [-0.4, -0.2) is 42.1 Å². The summed E-state index contributed by atoms with van der Waals surface area (Å²) in [5.74, 6) is -3.25. The van der Waals surface area contributed by atoms with Crippen molar-refractivity contribution >= 4 is 17.7 Å². The molecule has 0 radical (unpaired) electrons. The second-order valence-electron chi connectivity index (χ2n) is 5.81. The molecule has 6 heteroatoms. The third-order valence-electron chi connectivity index (χ3n) is 3.35. The Hall–Kier alpha value is -1.69. The van der Waals surface area contributed by atoms with Gasteiger partial charge in [-0.3, -0.25) is 14.4 Å². The molecule has 0 spiro atoms. The summed E-state index contributed by atoms with van der Waals surface area (Å²) >= 11 is 0. The van der Waals surface area contributed by atoms with Crippen molar-refractivity contribution in [1.82, 2.24) is 0 Å². The van der Waals surface area contributed by atoms with Crippen molar-refractivity contribution in [2.45, 2.75) is 52.1 Å². The number of carbonyl (C=O) groups excluding carboxylic acids is 3. The zero-order valence-corrected chi connectivity index (χ0v) is 12.6. The van der Waals surface area contributed by atoms with E-state index in [4.69, 9.17) is 14.2 Å². The Bertz CT molecular complexity index is 479. The lowest BCUT2D eigenvalue weighted by Gasteiger charge is -2.21. The molecule has 2 bridgehead atoms. The normalized spacial score (nSPS) is 30.9. The van der Waals surface area contributed by atoms with Gasteiger partial charge in [-0.05, 0) is 33.8 Å². The maximum atomic E-state index is 12.3. The summed E-state index contributed by atoms with van der Waals surface area (Å²) in [5, 5.41) is 0. The fourth-order valence-corrected chi connectivity index (χ4v) is 2.60. The lowest BCUT2D eigenvalue weighted by Crippen LogP contribution is -2.39. The standard InChI is InChI=1S/C15H20O6/c1-7(2)19-14(17)11-10-6-5-9(16)13(21-10)12(11)15(18)20-8(3)4/h5-8,10-13H,1-4H3/t10-,11-,12+,13+/m1/s1. The van der Waals surface area contributed by atoms with Gasteiger partial charge in [-0.2, -0.15) is 0 Å². The highest BCUT2D eigenvalue weighted by Gasteiger charge is 2.56. The van der Waals surface area contributed by atoms with E-state index in [1.807, 2.05) is 0 Å². The maximum absolute atomic E-state index is 12.3. The van der Waals surface area contributed by atoms with Crippen molar-refractivity contribution in [1.29, 1.82) is 0 Å². The number of carbonyl (C=O) groups is 3. The van der Waals surface area contributed by atoms with Crippen LogP contribution in [0.2, 0.25) is 0 Å². The summed E-state index contributed by atoms with van der Waals surface area (Å²) < 4.78 is 15.9. The van der Waals surface area contributed by atoms with Crippen molar-refractivity contribution in [2.24, 2.45) is 11.8 Å². The minimum atomic E-state index is -0.962. The van der Waals surface area contributed by atoms with Gasteiger partial charge in [0, 0.05) is 0 Å². The number of hydrogen-bond donors (Lipinski definition) is 0. The van der Waals surface area contributed by atoms with Crippen LogP contribution >= 0.6 is 0 Å². The van der Waals surface area contributed by atoms with Crippen LogP contribution in [0.3, 0.4) is 0 Å². The highest BCUT2D eigenvalue weighted by molar-refractivity contribution is 6.00. The number of hydrogen-bond acceptors (Lipinski definition) is 6. The van der Waals surface area contributed by atoms with E-state index in [-0.39, 0.29) is 18.0 Å². The minimum Gasteiger partial charge on any atom is -0.463 e. The predicted molar refractivity (Wildman–Crippen MR) is 72.2 cm³/mol. The van der Waals surface area contributed by atoms with E-state index in [1.54, 1.807) is 27.7 Å². The monoisotopic (exact) mass is 296 g/mol. The average Bonchev–Trinajstić information content (AvgIpc) is 2.67. The first-order valence-electron chi connectivity index (χ1n) is 7.09. The van der Waals surface area contributed by atoms with Gasteiger partial charge >= 0.3 is 11.9 Å². The molecule has 0 saturated carbocycles. The van der Waals surface area contributed by atoms with Gasteiger partial charge < -0.3 is 14.2 Å². The van der Waals surface area contributed by atoms with Crippen molar-refractivity contribution in [2.75, 3.05) is 0 Å². The molecule has 2 aliphatic rings. The SMILES string of the molecule is CC(C)OC(=O)[C@H]1[C@H](C(=O)OC(C)C)[C@H]2O[C@@H]1C=CC2=O. The van der Waals surface area contributed by atoms with Gasteiger partial charge in [-0.15, -0.1) is 0 Å². The number of esters is 2. The van der Waals surface area contributed by atoms with E-state index in [1.165, 1.54) is 12.2 Å². The van der Waals surface area contributed by atoms with Crippen LogP contribution in [-0.2, 0) is 28.6 Å². The molecule has 4 atom stereocenters. The molecule has 0 aliphatic carbocycles. The van der Waals surface area contributed by atoms with Gasteiger partial charge in [0.1, 0.15) is 17.9 Å². The molecule has 0 N–H and O–H groups in total. The van der Waals surface area contributed by atoms with Gasteiger partial charge in [0.15, 0.2) is 5.78 Å². The molecule has 2 heterocycles. The summed E-state index contributed by atoms with van der Waals surface area (Å²) in [4.78, 5) is 36.4. The van der Waals surface area contributed by atoms with Gasteiger partial charge in [-0.1, -0.05) is 6.08 Å². The van der Waals surface area contributed by atoms with E-state index in [9.17, 15) is 14.4 Å². The fraction of sp³-hybridized carbons (Fsp3) is 0.667. The Labute approximate surface area is 123 Å². The summed E-state index contributed by atoms with van der Waals surface area (Å²) in [6.45, 7) is 6.87. The summed E-state index contributed by atoms with van der Waals surface area (Å²) in [7, 11) is 0. The number of fused-ring (bicyclic) bond motifs is 2. The first kappa shape index (κ1) is 15.7. The highest BCUT2D eigenvalue weighted by Crippen LogP contribution is 2.39. The predicted octanol–water partition coefficient (Wildman–Crippen LogP) is 1.03. The zero-order valence-electron chi connectivity index (χ0n) is 12.6. The van der Waals surface area contributed by atoms with Crippen LogP contribution in [0.4, 0.5) is 0 Å². The van der Waals surface area contributed by atoms with Crippen molar-refractivity contribution in [3.63, 3.8) is 0 Å². The summed E-state index contributed by atoms with van der Waals surface area (Å²) in [5.41, 5.74) is 0. The van der Waals surface area contributed by atoms with Crippen molar-refractivity contribution in [3.05, 3.63) is 12.2 Å². The Morgan fingerprint density at radius 1 is 1.05 bits per heavy atom. The van der Waals surface area contributed by atoms with Gasteiger partial charge in [-0.25, -0.2) is 0 Å². The molecule has 116 valence electrons. The van der Waals surface area contributed by atoms with E-state index in [0.717, 1.165) is 0 Å². The van der Waals surface area contributed by atoms with Gasteiger partial charge in [0.25, 0.3) is 0 Å². The lowest BCUT2D eigenvalue weighted by molar-refractivity contribution is -0.164. The van der Waals surface area contributed by atoms with Crippen LogP contribution < -0.4 is 0 Å². The molecule has 2 rings (SSSR count). The van der Waals surface area contributed by atoms with E-state index in [2.05, 4.69) is 0 Å². The topological polar surface area (TPSA) is 78.9 Å². The molecule has 1 saturated heterocycles. The Morgan fingerprint density at radius 3 is 2.10 bits per heavy atom. The Kier molecular flexibility index (Phi) is 4.46. The molecular weight excluding hydrogens is 276 g/mol. The number of ether oxygens (including phenoxy) is 3. The fourth-order valence-electron chi connectivity index (χ4n) is 2.60. The Balaban J connectivity index is 2.26. The van der Waals surface area contributed by atoms with E-state index in [0.29, 0.717) is 0 Å². The third kappa shape index (κ3) is 3.15. The zero-order chi connectivity index (χ0) is 15.7. The van der Waals surface area contributed by atoms with E-state index >= 15 is 0 Å². The van der Waals surface area contributed by atoms with Crippen molar-refractivity contribution in [3.8, 4) is 0 Å². The first-order valence-corrected chi connectivity index (χ1v) is 7.09. The Morgan fingerprint density at radius 2 is 1.57 bits per heavy atom. The molecule has 0 unspecified atom stereocenters. The number of rotatable bonds is 4. The molecule has 0 aromatic rings. The molecule has 0 aromatic heterocycles. The molecule has 0 amide bonds. The lowest BCUT2D eigenvalue weighted by atomic mass is 9.87. The van der Waals surface area contributed by atoms with Crippen LogP contribution in [0.15, 0.2) is 12.2 Å². The average molecular weight is 296 g/mol. The molecule has 0 aromatic carbocycles. The van der Waals surface area contributed by atoms with Gasteiger partial charge in [0.05, 0.1) is 18.3 Å². The van der Waals surface area contributed by atoms with E-state index < -0.39 is 36.0 Å². The molecular formula is C15H20O6. The molecule has 1 fully saturated rings. The van der Waals surface area contributed by atoms with Gasteiger partial charge in [0.2, 0.25) is 0 Å². The second kappa shape index (κ2) is 5.97. The number of ketones is 1. The molecule has 6 nitrogen and oxygen atoms in total. The maximum Gasteiger partial charge on any atom is 0.313 e. The van der Waals surface area contributed by atoms with Crippen molar-refractivity contribution < 1.29 is 28.6 Å².